The SMILES string of the molecule is O=C1CC(N2CCC2)CCN1CI. The molecule has 0 spiro atoms. The van der Waals surface area contributed by atoms with E-state index in [4.69, 9.17) is 0 Å². The van der Waals surface area contributed by atoms with E-state index in [1.807, 2.05) is 4.90 Å². The third-order valence-electron chi connectivity index (χ3n) is 3.05. The predicted octanol–water partition coefficient (Wildman–Crippen LogP) is 1.08. The Bertz CT molecular complexity index is 206. The summed E-state index contributed by atoms with van der Waals surface area (Å²) in [6, 6.07) is 0.556. The summed E-state index contributed by atoms with van der Waals surface area (Å²) in [4.78, 5) is 16.0. The maximum Gasteiger partial charge on any atom is 0.224 e. The topological polar surface area (TPSA) is 23.6 Å². The molecule has 0 saturated carbocycles. The Morgan fingerprint density at radius 2 is 2.15 bits per heavy atom. The van der Waals surface area contributed by atoms with Crippen LogP contribution in [0.2, 0.25) is 0 Å². The lowest BCUT2D eigenvalue weighted by Gasteiger charge is -2.42. The second kappa shape index (κ2) is 4.13. The maximum absolute atomic E-state index is 11.6. The van der Waals surface area contributed by atoms with Gasteiger partial charge in [-0.3, -0.25) is 9.69 Å². The molecule has 2 fully saturated rings. The zero-order valence-electron chi connectivity index (χ0n) is 7.71. The van der Waals surface area contributed by atoms with Crippen LogP contribution in [-0.4, -0.2) is 45.9 Å². The van der Waals surface area contributed by atoms with E-state index in [-0.39, 0.29) is 0 Å². The number of carbonyl (C=O) groups excluding carboxylic acids is 1. The van der Waals surface area contributed by atoms with E-state index < -0.39 is 0 Å². The van der Waals surface area contributed by atoms with Gasteiger partial charge in [-0.25, -0.2) is 0 Å². The van der Waals surface area contributed by atoms with Crippen LogP contribution in [0.25, 0.3) is 0 Å². The van der Waals surface area contributed by atoms with Crippen molar-refractivity contribution >= 4 is 28.5 Å². The normalized spacial score (nSPS) is 30.4. The lowest BCUT2D eigenvalue weighted by molar-refractivity contribution is -0.135. The molecule has 0 aromatic heterocycles. The molecule has 0 aromatic rings. The van der Waals surface area contributed by atoms with Gasteiger partial charge in [-0.05, 0) is 25.9 Å². The summed E-state index contributed by atoms with van der Waals surface area (Å²) in [6.07, 6.45) is 3.25. The molecule has 2 aliphatic rings. The highest BCUT2D eigenvalue weighted by molar-refractivity contribution is 14.1. The minimum absolute atomic E-state index is 0.345. The Hall–Kier alpha value is 0.160. The van der Waals surface area contributed by atoms with Crippen molar-refractivity contribution in [1.82, 2.24) is 9.80 Å². The summed E-state index contributed by atoms with van der Waals surface area (Å²) in [5, 5.41) is 0. The van der Waals surface area contributed by atoms with Crippen LogP contribution in [0.1, 0.15) is 19.3 Å². The Balaban J connectivity index is 1.87. The number of halogens is 1. The largest absolute Gasteiger partial charge is 0.333 e. The Labute approximate surface area is 92.6 Å². The number of piperidine rings is 1. The number of carbonyl (C=O) groups is 1. The van der Waals surface area contributed by atoms with Crippen molar-refractivity contribution in [2.45, 2.75) is 25.3 Å². The number of hydrogen-bond donors (Lipinski definition) is 0. The quantitative estimate of drug-likeness (QED) is 0.432. The molecule has 0 radical (unpaired) electrons. The summed E-state index contributed by atoms with van der Waals surface area (Å²) in [5.41, 5.74) is 0. The smallest absolute Gasteiger partial charge is 0.224 e. The van der Waals surface area contributed by atoms with Crippen LogP contribution >= 0.6 is 22.6 Å². The molecule has 1 atom stereocenters. The van der Waals surface area contributed by atoms with Crippen LogP contribution < -0.4 is 0 Å². The molecular formula is C9H15IN2O. The van der Waals surface area contributed by atoms with Gasteiger partial charge in [0.05, 0.1) is 4.55 Å². The van der Waals surface area contributed by atoms with Gasteiger partial charge in [0.2, 0.25) is 5.91 Å². The van der Waals surface area contributed by atoms with Gasteiger partial charge in [0.1, 0.15) is 0 Å². The monoisotopic (exact) mass is 294 g/mol. The third kappa shape index (κ3) is 1.98. The lowest BCUT2D eigenvalue weighted by atomic mass is 10.00. The maximum atomic E-state index is 11.6. The fourth-order valence-electron chi connectivity index (χ4n) is 2.01. The molecule has 1 unspecified atom stereocenters. The Morgan fingerprint density at radius 3 is 2.62 bits per heavy atom. The van der Waals surface area contributed by atoms with Gasteiger partial charge < -0.3 is 4.90 Å². The first-order valence-corrected chi connectivity index (χ1v) is 6.41. The fraction of sp³-hybridized carbons (Fsp3) is 0.889. The van der Waals surface area contributed by atoms with Crippen molar-refractivity contribution in [3.8, 4) is 0 Å². The third-order valence-corrected chi connectivity index (χ3v) is 3.87. The van der Waals surface area contributed by atoms with E-state index in [9.17, 15) is 4.79 Å². The molecule has 2 rings (SSSR count). The minimum Gasteiger partial charge on any atom is -0.333 e. The molecule has 2 heterocycles. The molecular weight excluding hydrogens is 279 g/mol. The average Bonchev–Trinajstić information content (AvgIpc) is 2.01. The van der Waals surface area contributed by atoms with Gasteiger partial charge in [-0.15, -0.1) is 0 Å². The highest BCUT2D eigenvalue weighted by atomic mass is 127. The van der Waals surface area contributed by atoms with Gasteiger partial charge in [-0.1, -0.05) is 22.6 Å². The van der Waals surface area contributed by atoms with Gasteiger partial charge in [-0.2, -0.15) is 0 Å². The van der Waals surface area contributed by atoms with Crippen LogP contribution in [0.5, 0.6) is 0 Å². The average molecular weight is 294 g/mol. The van der Waals surface area contributed by atoms with Crippen LogP contribution in [-0.2, 0) is 4.79 Å². The van der Waals surface area contributed by atoms with E-state index in [0.717, 1.165) is 17.5 Å². The predicted molar refractivity (Wildman–Crippen MR) is 59.8 cm³/mol. The first-order chi connectivity index (χ1) is 6.31. The van der Waals surface area contributed by atoms with Crippen LogP contribution in [0, 0.1) is 0 Å². The summed E-state index contributed by atoms with van der Waals surface area (Å²) >= 11 is 2.26. The number of alkyl halides is 1. The number of likely N-dealkylation sites (tertiary alicyclic amines) is 2. The number of amides is 1. The van der Waals surface area contributed by atoms with Crippen molar-refractivity contribution in [1.29, 1.82) is 0 Å². The van der Waals surface area contributed by atoms with Crippen molar-refractivity contribution < 1.29 is 4.79 Å². The standard InChI is InChI=1S/C9H15IN2O/c10-7-12-5-2-8(6-9(12)13)11-3-1-4-11/h8H,1-7H2. The molecule has 0 aromatic carbocycles. The highest BCUT2D eigenvalue weighted by Crippen LogP contribution is 2.22. The van der Waals surface area contributed by atoms with Crippen molar-refractivity contribution in [3.63, 3.8) is 0 Å². The van der Waals surface area contributed by atoms with Gasteiger partial charge in [0.15, 0.2) is 0 Å². The second-order valence-corrected chi connectivity index (χ2v) is 4.50. The van der Waals surface area contributed by atoms with Crippen LogP contribution in [0.15, 0.2) is 0 Å². The molecule has 1 amide bonds. The minimum atomic E-state index is 0.345. The molecule has 13 heavy (non-hydrogen) atoms. The first kappa shape index (κ1) is 9.71. The zero-order chi connectivity index (χ0) is 9.26. The number of rotatable bonds is 2. The van der Waals surface area contributed by atoms with Crippen LogP contribution in [0.4, 0.5) is 0 Å². The lowest BCUT2D eigenvalue weighted by Crippen LogP contribution is -2.51. The second-order valence-electron chi connectivity index (χ2n) is 3.81. The molecule has 2 aliphatic heterocycles. The van der Waals surface area contributed by atoms with E-state index >= 15 is 0 Å². The number of hydrogen-bond acceptors (Lipinski definition) is 2. The van der Waals surface area contributed by atoms with E-state index in [0.29, 0.717) is 11.9 Å². The highest BCUT2D eigenvalue weighted by Gasteiger charge is 2.31. The molecule has 0 bridgehead atoms. The first-order valence-electron chi connectivity index (χ1n) is 4.89. The summed E-state index contributed by atoms with van der Waals surface area (Å²) in [7, 11) is 0. The van der Waals surface area contributed by atoms with Crippen molar-refractivity contribution in [3.05, 3.63) is 0 Å². The zero-order valence-corrected chi connectivity index (χ0v) is 9.87. The Morgan fingerprint density at radius 1 is 1.38 bits per heavy atom. The summed E-state index contributed by atoms with van der Waals surface area (Å²) < 4.78 is 0.851. The van der Waals surface area contributed by atoms with E-state index in [1.54, 1.807) is 0 Å². The fourth-order valence-corrected chi connectivity index (χ4v) is 2.73. The molecule has 4 heteroatoms. The van der Waals surface area contributed by atoms with Crippen molar-refractivity contribution in [2.24, 2.45) is 0 Å². The summed E-state index contributed by atoms with van der Waals surface area (Å²) in [6.45, 7) is 3.38. The van der Waals surface area contributed by atoms with E-state index in [1.165, 1.54) is 25.9 Å². The molecule has 0 N–H and O–H groups in total. The molecule has 0 aliphatic carbocycles. The van der Waals surface area contributed by atoms with Crippen LogP contribution in [0.3, 0.4) is 0 Å². The van der Waals surface area contributed by atoms with Crippen molar-refractivity contribution in [2.75, 3.05) is 24.2 Å². The van der Waals surface area contributed by atoms with Gasteiger partial charge >= 0.3 is 0 Å². The summed E-state index contributed by atoms with van der Waals surface area (Å²) in [5.74, 6) is 0.345. The van der Waals surface area contributed by atoms with Gasteiger partial charge in [0.25, 0.3) is 0 Å². The molecule has 2 saturated heterocycles. The molecule has 3 nitrogen and oxygen atoms in total. The van der Waals surface area contributed by atoms with E-state index in [2.05, 4.69) is 27.5 Å². The van der Waals surface area contributed by atoms with Gasteiger partial charge in [0, 0.05) is 19.0 Å². The number of nitrogens with zero attached hydrogens (tertiary/aromatic N) is 2. The molecule has 74 valence electrons. The Kier molecular flexibility index (Phi) is 3.08.